The fraction of sp³-hybridized carbons (Fsp3) is 0.944. The third-order valence-electron chi connectivity index (χ3n) is 5.30. The topological polar surface area (TPSA) is 75.7 Å². The quantitative estimate of drug-likeness (QED) is 0.818. The van der Waals surface area contributed by atoms with E-state index in [-0.39, 0.29) is 23.4 Å². The van der Waals surface area contributed by atoms with Crippen LogP contribution in [0.5, 0.6) is 0 Å². The Morgan fingerprint density at radius 1 is 1.20 bits per heavy atom. The van der Waals surface area contributed by atoms with Crippen molar-refractivity contribution < 1.29 is 17.9 Å². The number of hydrogen-bond acceptors (Lipinski definition) is 5. The van der Waals surface area contributed by atoms with Gasteiger partial charge in [0.25, 0.3) is 0 Å². The molecule has 4 unspecified atom stereocenters. The van der Waals surface area contributed by atoms with Gasteiger partial charge in [0.2, 0.25) is 0 Å². The van der Waals surface area contributed by atoms with Crippen molar-refractivity contribution in [3.63, 3.8) is 0 Å². The van der Waals surface area contributed by atoms with E-state index in [9.17, 15) is 13.2 Å². The number of piperidine rings is 1. The molecule has 1 amide bonds. The Kier molecular flexibility index (Phi) is 6.41. The van der Waals surface area contributed by atoms with Crippen LogP contribution in [-0.2, 0) is 14.6 Å². The summed E-state index contributed by atoms with van der Waals surface area (Å²) in [5, 5.41) is 3.28. The molecule has 0 aromatic heterocycles. The lowest BCUT2D eigenvalue weighted by atomic mass is 9.91. The molecule has 1 aliphatic heterocycles. The van der Waals surface area contributed by atoms with Gasteiger partial charge in [-0.05, 0) is 59.3 Å². The summed E-state index contributed by atoms with van der Waals surface area (Å²) >= 11 is 0. The summed E-state index contributed by atoms with van der Waals surface area (Å²) in [6.07, 6.45) is 5.70. The molecular formula is C18H34N2O4S. The van der Waals surface area contributed by atoms with E-state index in [4.69, 9.17) is 4.74 Å². The molecular weight excluding hydrogens is 340 g/mol. The smallest absolute Gasteiger partial charge is 0.410 e. The Morgan fingerprint density at radius 2 is 1.88 bits per heavy atom. The molecule has 0 spiro atoms. The van der Waals surface area contributed by atoms with Gasteiger partial charge in [-0.15, -0.1) is 0 Å². The highest BCUT2D eigenvalue weighted by atomic mass is 32.2. The van der Waals surface area contributed by atoms with Crippen molar-refractivity contribution in [1.82, 2.24) is 10.2 Å². The first-order chi connectivity index (χ1) is 11.5. The van der Waals surface area contributed by atoms with Gasteiger partial charge in [0.15, 0.2) is 9.84 Å². The van der Waals surface area contributed by atoms with Gasteiger partial charge in [-0.25, -0.2) is 13.2 Å². The Morgan fingerprint density at radius 3 is 2.48 bits per heavy atom. The van der Waals surface area contributed by atoms with Crippen molar-refractivity contribution in [2.45, 2.75) is 82.7 Å². The second-order valence-electron chi connectivity index (χ2n) is 8.69. The van der Waals surface area contributed by atoms with Crippen molar-refractivity contribution >= 4 is 15.9 Å². The molecule has 4 atom stereocenters. The minimum atomic E-state index is -3.02. The monoisotopic (exact) mass is 374 g/mol. The van der Waals surface area contributed by atoms with E-state index in [1.165, 1.54) is 6.26 Å². The molecule has 146 valence electrons. The van der Waals surface area contributed by atoms with E-state index >= 15 is 0 Å². The molecule has 7 heteroatoms. The summed E-state index contributed by atoms with van der Waals surface area (Å²) < 4.78 is 29.4. The average molecular weight is 375 g/mol. The maximum absolute atomic E-state index is 12.3. The molecule has 2 rings (SSSR count). The van der Waals surface area contributed by atoms with Crippen LogP contribution in [0.2, 0.25) is 0 Å². The van der Waals surface area contributed by atoms with Crippen LogP contribution >= 0.6 is 0 Å². The van der Waals surface area contributed by atoms with E-state index < -0.39 is 15.4 Å². The van der Waals surface area contributed by atoms with Crippen molar-refractivity contribution in [2.24, 2.45) is 5.92 Å². The predicted octanol–water partition coefficient (Wildman–Crippen LogP) is 2.58. The van der Waals surface area contributed by atoms with E-state index in [0.29, 0.717) is 12.5 Å². The van der Waals surface area contributed by atoms with Crippen LogP contribution in [0.15, 0.2) is 0 Å². The molecule has 1 saturated carbocycles. The van der Waals surface area contributed by atoms with Gasteiger partial charge in [0.05, 0.1) is 5.25 Å². The van der Waals surface area contributed by atoms with Gasteiger partial charge in [-0.2, -0.15) is 0 Å². The molecule has 1 aliphatic carbocycles. The molecule has 25 heavy (non-hydrogen) atoms. The molecule has 0 radical (unpaired) electrons. The number of likely N-dealkylation sites (tertiary alicyclic amines) is 1. The molecule has 0 aromatic rings. The van der Waals surface area contributed by atoms with Crippen LogP contribution in [0.4, 0.5) is 4.79 Å². The zero-order valence-electron chi connectivity index (χ0n) is 16.2. The molecule has 2 fully saturated rings. The zero-order valence-corrected chi connectivity index (χ0v) is 17.1. The Labute approximate surface area is 152 Å². The average Bonchev–Trinajstić information content (AvgIpc) is 2.94. The number of nitrogens with zero attached hydrogens (tertiary/aromatic N) is 1. The van der Waals surface area contributed by atoms with E-state index in [1.54, 1.807) is 4.90 Å². The number of carbonyl (C=O) groups excluding carboxylic acids is 1. The van der Waals surface area contributed by atoms with E-state index in [0.717, 1.165) is 38.6 Å². The van der Waals surface area contributed by atoms with Crippen molar-refractivity contribution in [3.8, 4) is 0 Å². The second kappa shape index (κ2) is 7.82. The Balaban J connectivity index is 1.93. The standard InChI is InChI=1S/C18H34N2O4S/c1-13(19-15-9-6-10-16(15)25(5,22)23)14-8-7-11-20(12-14)17(21)24-18(2,3)4/h13-16,19H,6-12H2,1-5H3. The Bertz CT molecular complexity index is 570. The summed E-state index contributed by atoms with van der Waals surface area (Å²) in [4.78, 5) is 14.1. The molecule has 1 N–H and O–H groups in total. The van der Waals surface area contributed by atoms with Gasteiger partial charge in [0, 0.05) is 31.4 Å². The minimum absolute atomic E-state index is 0.0295. The van der Waals surface area contributed by atoms with Gasteiger partial charge < -0.3 is 15.0 Å². The number of hydrogen-bond donors (Lipinski definition) is 1. The fourth-order valence-corrected chi connectivity index (χ4v) is 5.42. The lowest BCUT2D eigenvalue weighted by molar-refractivity contribution is 0.0146. The summed E-state index contributed by atoms with van der Waals surface area (Å²) in [6, 6.07) is 0.208. The first-order valence-corrected chi connectivity index (χ1v) is 11.4. The number of nitrogens with one attached hydrogen (secondary N) is 1. The van der Waals surface area contributed by atoms with Gasteiger partial charge in [-0.1, -0.05) is 6.42 Å². The van der Waals surface area contributed by atoms with E-state index in [2.05, 4.69) is 12.2 Å². The molecule has 1 saturated heterocycles. The van der Waals surface area contributed by atoms with Crippen LogP contribution < -0.4 is 5.32 Å². The van der Waals surface area contributed by atoms with Crippen LogP contribution in [0.25, 0.3) is 0 Å². The number of ether oxygens (including phenoxy) is 1. The number of amides is 1. The van der Waals surface area contributed by atoms with Gasteiger partial charge in [0.1, 0.15) is 5.60 Å². The molecule has 6 nitrogen and oxygen atoms in total. The second-order valence-corrected chi connectivity index (χ2v) is 11.0. The SMILES string of the molecule is CC(NC1CCCC1S(C)(=O)=O)C1CCCN(C(=O)OC(C)(C)C)C1. The number of carbonyl (C=O) groups is 1. The molecule has 0 aromatic carbocycles. The summed E-state index contributed by atoms with van der Waals surface area (Å²) in [6.45, 7) is 9.14. The van der Waals surface area contributed by atoms with Crippen LogP contribution in [0.1, 0.15) is 59.8 Å². The highest BCUT2D eigenvalue weighted by Gasteiger charge is 2.37. The maximum Gasteiger partial charge on any atom is 0.410 e. The van der Waals surface area contributed by atoms with Crippen molar-refractivity contribution in [1.29, 1.82) is 0 Å². The lowest BCUT2D eigenvalue weighted by Gasteiger charge is -2.38. The van der Waals surface area contributed by atoms with Gasteiger partial charge >= 0.3 is 6.09 Å². The zero-order chi connectivity index (χ0) is 18.8. The largest absolute Gasteiger partial charge is 0.444 e. The predicted molar refractivity (Wildman–Crippen MR) is 99.4 cm³/mol. The highest BCUT2D eigenvalue weighted by molar-refractivity contribution is 7.91. The third-order valence-corrected chi connectivity index (χ3v) is 6.96. The Hall–Kier alpha value is -0.820. The fourth-order valence-electron chi connectivity index (χ4n) is 4.01. The van der Waals surface area contributed by atoms with Crippen molar-refractivity contribution in [2.75, 3.05) is 19.3 Å². The summed E-state index contributed by atoms with van der Waals surface area (Å²) in [7, 11) is -3.02. The van der Waals surface area contributed by atoms with Crippen molar-refractivity contribution in [3.05, 3.63) is 0 Å². The first kappa shape index (κ1) is 20.5. The van der Waals surface area contributed by atoms with Crippen LogP contribution in [0, 0.1) is 5.92 Å². The maximum atomic E-state index is 12.3. The number of rotatable bonds is 4. The van der Waals surface area contributed by atoms with Crippen LogP contribution in [0.3, 0.4) is 0 Å². The third kappa shape index (κ3) is 5.84. The lowest BCUT2D eigenvalue weighted by Crippen LogP contribution is -2.51. The molecule has 1 heterocycles. The molecule has 2 aliphatic rings. The summed E-state index contributed by atoms with van der Waals surface area (Å²) in [5.41, 5.74) is -0.486. The highest BCUT2D eigenvalue weighted by Crippen LogP contribution is 2.28. The summed E-state index contributed by atoms with van der Waals surface area (Å²) in [5.74, 6) is 0.321. The molecule has 0 bridgehead atoms. The normalized spacial score (nSPS) is 29.5. The van der Waals surface area contributed by atoms with E-state index in [1.807, 2.05) is 20.8 Å². The minimum Gasteiger partial charge on any atom is -0.444 e. The van der Waals surface area contributed by atoms with Crippen LogP contribution in [-0.4, -0.2) is 61.7 Å². The first-order valence-electron chi connectivity index (χ1n) is 9.40. The number of sulfone groups is 1. The van der Waals surface area contributed by atoms with Gasteiger partial charge in [-0.3, -0.25) is 0 Å².